The van der Waals surface area contributed by atoms with Crippen LogP contribution >= 0.6 is 0 Å². The van der Waals surface area contributed by atoms with Gasteiger partial charge in [0.2, 0.25) is 0 Å². The van der Waals surface area contributed by atoms with Crippen LogP contribution in [0.4, 0.5) is 17.1 Å². The summed E-state index contributed by atoms with van der Waals surface area (Å²) in [5, 5.41) is 5.91. The molecule has 0 spiro atoms. The molecule has 2 amide bonds. The lowest BCUT2D eigenvalue weighted by Crippen LogP contribution is -2.47. The van der Waals surface area contributed by atoms with Crippen molar-refractivity contribution < 1.29 is 18.7 Å². The Balaban J connectivity index is 1.35. The predicted molar refractivity (Wildman–Crippen MR) is 131 cm³/mol. The Kier molecular flexibility index (Phi) is 6.12. The van der Waals surface area contributed by atoms with Crippen LogP contribution in [0.1, 0.15) is 33.8 Å². The lowest BCUT2D eigenvalue weighted by Gasteiger charge is -2.38. The van der Waals surface area contributed by atoms with Crippen molar-refractivity contribution in [3.63, 3.8) is 0 Å². The van der Waals surface area contributed by atoms with Crippen molar-refractivity contribution in [2.24, 2.45) is 0 Å². The van der Waals surface area contributed by atoms with Crippen molar-refractivity contribution in [1.29, 1.82) is 0 Å². The summed E-state index contributed by atoms with van der Waals surface area (Å²) in [6.07, 6.45) is 3.47. The molecule has 0 bridgehead atoms. The van der Waals surface area contributed by atoms with E-state index in [9.17, 15) is 9.59 Å². The second-order valence-electron chi connectivity index (χ2n) is 8.56. The van der Waals surface area contributed by atoms with Crippen LogP contribution in [0.25, 0.3) is 0 Å². The first-order valence-electron chi connectivity index (χ1n) is 11.5. The van der Waals surface area contributed by atoms with Crippen molar-refractivity contribution in [1.82, 2.24) is 5.32 Å². The van der Waals surface area contributed by atoms with Crippen LogP contribution in [0.15, 0.2) is 65.3 Å². The molecule has 8 heteroatoms. The number of nitrogens with zero attached hydrogens (tertiary/aromatic N) is 2. The van der Waals surface area contributed by atoms with Crippen LogP contribution in [-0.4, -0.2) is 51.1 Å². The molecule has 176 valence electrons. The van der Waals surface area contributed by atoms with E-state index in [1.54, 1.807) is 25.3 Å². The van der Waals surface area contributed by atoms with Crippen molar-refractivity contribution >= 4 is 28.9 Å². The van der Waals surface area contributed by atoms with Gasteiger partial charge >= 0.3 is 0 Å². The molecular formula is C26H28N4O4. The molecule has 2 fully saturated rings. The first-order chi connectivity index (χ1) is 16.6. The van der Waals surface area contributed by atoms with E-state index in [1.807, 2.05) is 30.3 Å². The number of carbonyl (C=O) groups is 2. The van der Waals surface area contributed by atoms with Gasteiger partial charge in [-0.15, -0.1) is 0 Å². The van der Waals surface area contributed by atoms with E-state index in [0.717, 1.165) is 56.1 Å². The lowest BCUT2D eigenvalue weighted by atomic mass is 10.1. The minimum atomic E-state index is -0.350. The van der Waals surface area contributed by atoms with Gasteiger partial charge < -0.3 is 29.6 Å². The zero-order valence-electron chi connectivity index (χ0n) is 19.1. The molecule has 34 heavy (non-hydrogen) atoms. The van der Waals surface area contributed by atoms with E-state index in [1.165, 1.54) is 6.26 Å². The first kappa shape index (κ1) is 21.9. The molecule has 3 aromatic rings. The highest BCUT2D eigenvalue weighted by Gasteiger charge is 2.28. The SMILES string of the molecule is COc1ccccc1N1CCN(c2ccc(NC(=O)c3ccco3)cc2C(=O)NC2CC2)CC1. The standard InChI is InChI=1S/C26H28N4O4/c1-33-23-6-3-2-5-22(23)30-14-12-29(13-15-30)21-11-10-19(28-26(32)24-7-4-16-34-24)17-20(21)25(31)27-18-8-9-18/h2-7,10-11,16-18H,8-9,12-15H2,1H3,(H,27,31)(H,28,32). The highest BCUT2D eigenvalue weighted by molar-refractivity contribution is 6.05. The van der Waals surface area contributed by atoms with Gasteiger partial charge in [-0.25, -0.2) is 0 Å². The number of rotatable bonds is 7. The van der Waals surface area contributed by atoms with Crippen LogP contribution in [0, 0.1) is 0 Å². The van der Waals surface area contributed by atoms with Crippen LogP contribution < -0.4 is 25.2 Å². The molecule has 8 nitrogen and oxygen atoms in total. The van der Waals surface area contributed by atoms with Gasteiger partial charge in [-0.1, -0.05) is 12.1 Å². The third-order valence-corrected chi connectivity index (χ3v) is 6.20. The lowest BCUT2D eigenvalue weighted by molar-refractivity contribution is 0.0949. The molecule has 2 aliphatic rings. The molecule has 1 aliphatic carbocycles. The van der Waals surface area contributed by atoms with Crippen LogP contribution in [0.2, 0.25) is 0 Å². The van der Waals surface area contributed by atoms with E-state index in [4.69, 9.17) is 9.15 Å². The fourth-order valence-electron chi connectivity index (χ4n) is 4.24. The Labute approximate surface area is 198 Å². The third-order valence-electron chi connectivity index (χ3n) is 6.20. The Morgan fingerprint density at radius 1 is 0.912 bits per heavy atom. The number of para-hydroxylation sites is 2. The molecule has 5 rings (SSSR count). The van der Waals surface area contributed by atoms with Gasteiger partial charge in [0.25, 0.3) is 11.8 Å². The van der Waals surface area contributed by atoms with Crippen molar-refractivity contribution in [2.75, 3.05) is 48.4 Å². The van der Waals surface area contributed by atoms with Crippen molar-refractivity contribution in [2.45, 2.75) is 18.9 Å². The molecule has 0 radical (unpaired) electrons. The zero-order valence-corrected chi connectivity index (χ0v) is 19.1. The highest BCUT2D eigenvalue weighted by atomic mass is 16.5. The van der Waals surface area contributed by atoms with Crippen molar-refractivity contribution in [3.05, 3.63) is 72.2 Å². The number of piperazine rings is 1. The minimum absolute atomic E-state index is 0.112. The van der Waals surface area contributed by atoms with Gasteiger partial charge in [0.05, 0.1) is 24.6 Å². The van der Waals surface area contributed by atoms with E-state index in [2.05, 4.69) is 26.5 Å². The largest absolute Gasteiger partial charge is 0.495 e. The molecule has 1 aromatic heterocycles. The summed E-state index contributed by atoms with van der Waals surface area (Å²) in [5.41, 5.74) is 3.06. The van der Waals surface area contributed by atoms with Crippen LogP contribution in [0.5, 0.6) is 5.75 Å². The molecule has 2 N–H and O–H groups in total. The average Bonchev–Trinajstić information content (AvgIpc) is 3.51. The fraction of sp³-hybridized carbons (Fsp3) is 0.308. The molecule has 1 aliphatic heterocycles. The predicted octanol–water partition coefficient (Wildman–Crippen LogP) is 3.76. The van der Waals surface area contributed by atoms with Gasteiger partial charge in [-0.05, 0) is 55.3 Å². The first-order valence-corrected chi connectivity index (χ1v) is 11.5. The highest BCUT2D eigenvalue weighted by Crippen LogP contribution is 2.31. The number of furan rings is 1. The molecule has 0 atom stereocenters. The van der Waals surface area contributed by atoms with E-state index in [0.29, 0.717) is 11.3 Å². The summed E-state index contributed by atoms with van der Waals surface area (Å²) in [6.45, 7) is 3.14. The van der Waals surface area contributed by atoms with E-state index < -0.39 is 0 Å². The van der Waals surface area contributed by atoms with Crippen LogP contribution in [-0.2, 0) is 0 Å². The molecule has 1 saturated carbocycles. The van der Waals surface area contributed by atoms with Gasteiger partial charge in [0, 0.05) is 43.6 Å². The number of hydrogen-bond acceptors (Lipinski definition) is 6. The number of carbonyl (C=O) groups excluding carboxylic acids is 2. The summed E-state index contributed by atoms with van der Waals surface area (Å²) >= 11 is 0. The third kappa shape index (κ3) is 4.71. The average molecular weight is 461 g/mol. The number of hydrogen-bond donors (Lipinski definition) is 2. The number of ether oxygens (including phenoxy) is 1. The second-order valence-corrected chi connectivity index (χ2v) is 8.56. The quantitative estimate of drug-likeness (QED) is 0.558. The Morgan fingerprint density at radius 3 is 2.32 bits per heavy atom. The summed E-state index contributed by atoms with van der Waals surface area (Å²) < 4.78 is 10.7. The number of benzene rings is 2. The number of amides is 2. The molecular weight excluding hydrogens is 432 g/mol. The van der Waals surface area contributed by atoms with Crippen molar-refractivity contribution in [3.8, 4) is 5.75 Å². The Hall–Kier alpha value is -3.94. The van der Waals surface area contributed by atoms with Gasteiger partial charge in [0.1, 0.15) is 5.75 Å². The zero-order chi connectivity index (χ0) is 23.5. The number of anilines is 3. The number of nitrogens with one attached hydrogen (secondary N) is 2. The van der Waals surface area contributed by atoms with E-state index in [-0.39, 0.29) is 23.6 Å². The van der Waals surface area contributed by atoms with Gasteiger partial charge in [-0.2, -0.15) is 0 Å². The van der Waals surface area contributed by atoms with E-state index >= 15 is 0 Å². The Morgan fingerprint density at radius 2 is 1.65 bits per heavy atom. The minimum Gasteiger partial charge on any atom is -0.495 e. The van der Waals surface area contributed by atoms with Gasteiger partial charge in [0.15, 0.2) is 5.76 Å². The molecule has 2 heterocycles. The normalized spacial score (nSPS) is 15.7. The monoisotopic (exact) mass is 460 g/mol. The summed E-state index contributed by atoms with van der Waals surface area (Å²) in [4.78, 5) is 30.1. The molecule has 0 unspecified atom stereocenters. The summed E-state index contributed by atoms with van der Waals surface area (Å²) in [6, 6.07) is 17.0. The van der Waals surface area contributed by atoms with Gasteiger partial charge in [-0.3, -0.25) is 9.59 Å². The molecule has 1 saturated heterocycles. The second kappa shape index (κ2) is 9.51. The maximum Gasteiger partial charge on any atom is 0.291 e. The topological polar surface area (TPSA) is 87.1 Å². The summed E-state index contributed by atoms with van der Waals surface area (Å²) in [7, 11) is 1.69. The smallest absolute Gasteiger partial charge is 0.291 e. The number of methoxy groups -OCH3 is 1. The maximum absolute atomic E-state index is 13.1. The summed E-state index contributed by atoms with van der Waals surface area (Å²) in [5.74, 6) is 0.619. The molecule has 2 aromatic carbocycles. The fourth-order valence-corrected chi connectivity index (χ4v) is 4.24. The van der Waals surface area contributed by atoms with Crippen LogP contribution in [0.3, 0.4) is 0 Å². The maximum atomic E-state index is 13.1. The Bertz CT molecular complexity index is 1170.